The van der Waals surface area contributed by atoms with Crippen LogP contribution in [0.5, 0.6) is 5.75 Å². The molecular formula is C19H26N4O3S. The number of aromatic nitrogens is 1. The predicted molar refractivity (Wildman–Crippen MR) is 108 cm³/mol. The van der Waals surface area contributed by atoms with Gasteiger partial charge in [-0.15, -0.1) is 11.3 Å². The van der Waals surface area contributed by atoms with Gasteiger partial charge in [0.1, 0.15) is 15.6 Å². The first-order valence-corrected chi connectivity index (χ1v) is 9.54. The number of hydrogen-bond acceptors (Lipinski definition) is 6. The van der Waals surface area contributed by atoms with E-state index < -0.39 is 0 Å². The quantitative estimate of drug-likeness (QED) is 0.429. The van der Waals surface area contributed by atoms with Crippen molar-refractivity contribution in [1.29, 1.82) is 0 Å². The first-order chi connectivity index (χ1) is 13.0. The van der Waals surface area contributed by atoms with Gasteiger partial charge in [-0.2, -0.15) is 0 Å². The molecule has 0 amide bonds. The monoisotopic (exact) mass is 390 g/mol. The van der Waals surface area contributed by atoms with E-state index in [1.165, 1.54) is 11.3 Å². The van der Waals surface area contributed by atoms with Gasteiger partial charge in [-0.3, -0.25) is 4.99 Å². The third-order valence-corrected chi connectivity index (χ3v) is 5.16. The summed E-state index contributed by atoms with van der Waals surface area (Å²) in [6, 6.07) is 7.74. The molecule has 0 spiro atoms. The summed E-state index contributed by atoms with van der Waals surface area (Å²) in [5.74, 6) is 1.16. The number of aryl methyl sites for hydroxylation is 1. The molecule has 1 aromatic carbocycles. The SMILES string of the molecule is CCOC(=O)c1sc(C(C)NC(=NC)NCc2ccc(OC)cc2)nc1C. The van der Waals surface area contributed by atoms with E-state index in [1.54, 1.807) is 21.1 Å². The Bertz CT molecular complexity index is 787. The second-order valence-electron chi connectivity index (χ2n) is 5.83. The molecule has 8 heteroatoms. The van der Waals surface area contributed by atoms with E-state index in [0.29, 0.717) is 29.7 Å². The molecule has 0 saturated carbocycles. The maximum atomic E-state index is 12.0. The number of benzene rings is 1. The molecule has 2 rings (SSSR count). The van der Waals surface area contributed by atoms with Gasteiger partial charge in [-0.05, 0) is 38.5 Å². The van der Waals surface area contributed by atoms with E-state index in [0.717, 1.165) is 16.3 Å². The Kier molecular flexibility index (Phi) is 7.60. The van der Waals surface area contributed by atoms with Crippen molar-refractivity contribution >= 4 is 23.3 Å². The summed E-state index contributed by atoms with van der Waals surface area (Å²) < 4.78 is 10.2. The molecule has 0 aliphatic heterocycles. The van der Waals surface area contributed by atoms with Gasteiger partial charge < -0.3 is 20.1 Å². The van der Waals surface area contributed by atoms with Gasteiger partial charge >= 0.3 is 5.97 Å². The number of thiazole rings is 1. The summed E-state index contributed by atoms with van der Waals surface area (Å²) in [6.45, 7) is 6.56. The third kappa shape index (κ3) is 5.68. The van der Waals surface area contributed by atoms with Crippen LogP contribution < -0.4 is 15.4 Å². The van der Waals surface area contributed by atoms with E-state index in [4.69, 9.17) is 9.47 Å². The van der Waals surface area contributed by atoms with Crippen LogP contribution >= 0.6 is 11.3 Å². The molecule has 1 unspecified atom stereocenters. The van der Waals surface area contributed by atoms with E-state index in [-0.39, 0.29) is 12.0 Å². The molecule has 2 aromatic rings. The Morgan fingerprint density at radius 1 is 1.33 bits per heavy atom. The lowest BCUT2D eigenvalue weighted by atomic mass is 10.2. The van der Waals surface area contributed by atoms with Crippen LogP contribution in [-0.4, -0.2) is 37.7 Å². The van der Waals surface area contributed by atoms with Crippen molar-refractivity contribution in [1.82, 2.24) is 15.6 Å². The number of methoxy groups -OCH3 is 1. The fraction of sp³-hybridized carbons (Fsp3) is 0.421. The zero-order valence-electron chi connectivity index (χ0n) is 16.3. The number of carbonyl (C=O) groups is 1. The molecule has 2 N–H and O–H groups in total. The Labute approximate surface area is 163 Å². The predicted octanol–water partition coefficient (Wildman–Crippen LogP) is 3.06. The van der Waals surface area contributed by atoms with Crippen LogP contribution in [0.15, 0.2) is 29.3 Å². The summed E-state index contributed by atoms with van der Waals surface area (Å²) in [6.07, 6.45) is 0. The van der Waals surface area contributed by atoms with Crippen molar-refractivity contribution in [2.24, 2.45) is 4.99 Å². The fourth-order valence-corrected chi connectivity index (χ4v) is 3.34. The molecule has 0 fully saturated rings. The van der Waals surface area contributed by atoms with Crippen LogP contribution in [0, 0.1) is 6.92 Å². The number of nitrogens with zero attached hydrogens (tertiary/aromatic N) is 2. The van der Waals surface area contributed by atoms with Gasteiger partial charge in [0.15, 0.2) is 5.96 Å². The van der Waals surface area contributed by atoms with Crippen molar-refractivity contribution in [3.8, 4) is 5.75 Å². The van der Waals surface area contributed by atoms with Gasteiger partial charge in [0, 0.05) is 13.6 Å². The third-order valence-electron chi connectivity index (χ3n) is 3.84. The summed E-state index contributed by atoms with van der Waals surface area (Å²) in [7, 11) is 3.36. The highest BCUT2D eigenvalue weighted by atomic mass is 32.1. The fourth-order valence-electron chi connectivity index (χ4n) is 2.38. The summed E-state index contributed by atoms with van der Waals surface area (Å²) in [5, 5.41) is 7.38. The summed E-state index contributed by atoms with van der Waals surface area (Å²) in [5.41, 5.74) is 1.80. The van der Waals surface area contributed by atoms with E-state index >= 15 is 0 Å². The van der Waals surface area contributed by atoms with Crippen molar-refractivity contribution in [2.45, 2.75) is 33.4 Å². The highest BCUT2D eigenvalue weighted by molar-refractivity contribution is 7.13. The first kappa shape index (κ1) is 20.7. The highest BCUT2D eigenvalue weighted by Crippen LogP contribution is 2.24. The van der Waals surface area contributed by atoms with Crippen LogP contribution in [0.25, 0.3) is 0 Å². The Morgan fingerprint density at radius 2 is 2.04 bits per heavy atom. The molecule has 1 atom stereocenters. The van der Waals surface area contributed by atoms with Crippen molar-refractivity contribution in [2.75, 3.05) is 20.8 Å². The van der Waals surface area contributed by atoms with Crippen LogP contribution in [-0.2, 0) is 11.3 Å². The highest BCUT2D eigenvalue weighted by Gasteiger charge is 2.20. The number of rotatable bonds is 7. The molecule has 27 heavy (non-hydrogen) atoms. The minimum absolute atomic E-state index is 0.0982. The molecule has 0 saturated heterocycles. The topological polar surface area (TPSA) is 84.8 Å². The van der Waals surface area contributed by atoms with E-state index in [9.17, 15) is 4.79 Å². The van der Waals surface area contributed by atoms with Crippen LogP contribution in [0.2, 0.25) is 0 Å². The zero-order chi connectivity index (χ0) is 19.8. The van der Waals surface area contributed by atoms with Gasteiger partial charge in [0.05, 0.1) is 25.5 Å². The summed E-state index contributed by atoms with van der Waals surface area (Å²) in [4.78, 5) is 21.3. The van der Waals surface area contributed by atoms with E-state index in [1.807, 2.05) is 38.1 Å². The smallest absolute Gasteiger partial charge is 0.350 e. The normalized spacial score (nSPS) is 12.4. The van der Waals surface area contributed by atoms with Gasteiger partial charge in [-0.25, -0.2) is 9.78 Å². The molecule has 1 heterocycles. The molecule has 0 aliphatic carbocycles. The number of hydrogen-bond donors (Lipinski definition) is 2. The minimum Gasteiger partial charge on any atom is -0.497 e. The lowest BCUT2D eigenvalue weighted by Gasteiger charge is -2.16. The van der Waals surface area contributed by atoms with Crippen molar-refractivity contribution < 1.29 is 14.3 Å². The average Bonchev–Trinajstić information content (AvgIpc) is 3.07. The van der Waals surface area contributed by atoms with E-state index in [2.05, 4.69) is 20.6 Å². The van der Waals surface area contributed by atoms with Crippen molar-refractivity contribution in [3.63, 3.8) is 0 Å². The largest absolute Gasteiger partial charge is 0.497 e. The molecular weight excluding hydrogens is 364 g/mol. The zero-order valence-corrected chi connectivity index (χ0v) is 17.1. The Morgan fingerprint density at radius 3 is 2.63 bits per heavy atom. The first-order valence-electron chi connectivity index (χ1n) is 8.73. The number of ether oxygens (including phenoxy) is 2. The number of nitrogens with one attached hydrogen (secondary N) is 2. The lowest BCUT2D eigenvalue weighted by Crippen LogP contribution is -2.38. The average molecular weight is 391 g/mol. The van der Waals surface area contributed by atoms with Crippen LogP contribution in [0.1, 0.15) is 45.8 Å². The maximum absolute atomic E-state index is 12.0. The molecule has 0 aliphatic rings. The minimum atomic E-state index is -0.326. The molecule has 0 bridgehead atoms. The molecule has 1 aromatic heterocycles. The maximum Gasteiger partial charge on any atom is 0.350 e. The van der Waals surface area contributed by atoms with Gasteiger partial charge in [0.2, 0.25) is 0 Å². The standard InChI is InChI=1S/C19H26N4O3S/c1-6-26-18(24)16-12(2)22-17(27-16)13(3)23-19(20-4)21-11-14-7-9-15(25-5)10-8-14/h7-10,13H,6,11H2,1-5H3,(H2,20,21,23). The lowest BCUT2D eigenvalue weighted by molar-refractivity contribution is 0.0531. The molecule has 146 valence electrons. The number of carbonyl (C=O) groups excluding carboxylic acids is 1. The second kappa shape index (κ2) is 9.91. The summed E-state index contributed by atoms with van der Waals surface area (Å²) >= 11 is 1.34. The van der Waals surface area contributed by atoms with Crippen LogP contribution in [0.4, 0.5) is 0 Å². The molecule has 0 radical (unpaired) electrons. The second-order valence-corrected chi connectivity index (χ2v) is 6.86. The Balaban J connectivity index is 1.97. The number of esters is 1. The number of aliphatic imine (C=N–C) groups is 1. The van der Waals surface area contributed by atoms with Gasteiger partial charge in [-0.1, -0.05) is 12.1 Å². The van der Waals surface area contributed by atoms with Crippen LogP contribution in [0.3, 0.4) is 0 Å². The van der Waals surface area contributed by atoms with Crippen molar-refractivity contribution in [3.05, 3.63) is 45.4 Å². The Hall–Kier alpha value is -2.61. The molecule has 7 nitrogen and oxygen atoms in total. The number of guanidine groups is 1. The van der Waals surface area contributed by atoms with Gasteiger partial charge in [0.25, 0.3) is 0 Å².